The van der Waals surface area contributed by atoms with Gasteiger partial charge in [-0.15, -0.1) is 0 Å². The zero-order valence-electron chi connectivity index (χ0n) is 16.9. The molecule has 0 aromatic heterocycles. The molecule has 0 fully saturated rings. The Hall–Kier alpha value is -3.42. The molecule has 1 heterocycles. The van der Waals surface area contributed by atoms with Crippen molar-refractivity contribution in [3.05, 3.63) is 42.0 Å². The van der Waals surface area contributed by atoms with Gasteiger partial charge in [0.25, 0.3) is 5.91 Å². The number of methoxy groups -OCH3 is 3. The number of carbonyl (C=O) groups excluding carboxylic acids is 2. The van der Waals surface area contributed by atoms with Gasteiger partial charge in [0.2, 0.25) is 11.7 Å². The number of amides is 2. The van der Waals surface area contributed by atoms with Gasteiger partial charge in [-0.3, -0.25) is 14.5 Å². The average Bonchev–Trinajstić information content (AvgIpc) is 2.74. The van der Waals surface area contributed by atoms with Crippen LogP contribution < -0.4 is 29.2 Å². The van der Waals surface area contributed by atoms with E-state index in [1.165, 1.54) is 26.2 Å². The normalized spacial score (nSPS) is 13.8. The fraction of sp³-hybridized carbons (Fsp3) is 0.333. The Kier molecular flexibility index (Phi) is 6.11. The first-order valence-electron chi connectivity index (χ1n) is 9.10. The fourth-order valence-electron chi connectivity index (χ4n) is 3.19. The predicted molar refractivity (Wildman–Crippen MR) is 107 cm³/mol. The van der Waals surface area contributed by atoms with Gasteiger partial charge in [-0.2, -0.15) is 0 Å². The maximum absolute atomic E-state index is 12.6. The lowest BCUT2D eigenvalue weighted by atomic mass is 10.1. The van der Waals surface area contributed by atoms with Crippen LogP contribution in [0.1, 0.15) is 18.5 Å². The van der Waals surface area contributed by atoms with Gasteiger partial charge in [0, 0.05) is 0 Å². The molecule has 2 amide bonds. The van der Waals surface area contributed by atoms with E-state index >= 15 is 0 Å². The maximum Gasteiger partial charge on any atom is 0.265 e. The van der Waals surface area contributed by atoms with Crippen LogP contribution >= 0.6 is 0 Å². The van der Waals surface area contributed by atoms with E-state index in [9.17, 15) is 9.59 Å². The quantitative estimate of drug-likeness (QED) is 0.768. The van der Waals surface area contributed by atoms with Crippen LogP contribution in [0.3, 0.4) is 0 Å². The van der Waals surface area contributed by atoms with E-state index in [0.717, 1.165) is 5.56 Å². The largest absolute Gasteiger partial charge is 0.493 e. The Morgan fingerprint density at radius 2 is 1.79 bits per heavy atom. The third-order valence-corrected chi connectivity index (χ3v) is 4.67. The Balaban J connectivity index is 1.75. The second-order valence-corrected chi connectivity index (χ2v) is 6.48. The third kappa shape index (κ3) is 4.21. The monoisotopic (exact) mass is 400 g/mol. The minimum absolute atomic E-state index is 0.0906. The van der Waals surface area contributed by atoms with Crippen LogP contribution in [0, 0.1) is 0 Å². The van der Waals surface area contributed by atoms with Crippen molar-refractivity contribution < 1.29 is 28.5 Å². The molecule has 1 unspecified atom stereocenters. The summed E-state index contributed by atoms with van der Waals surface area (Å²) < 4.78 is 21.5. The summed E-state index contributed by atoms with van der Waals surface area (Å²) in [5, 5.41) is 2.91. The third-order valence-electron chi connectivity index (χ3n) is 4.67. The zero-order valence-corrected chi connectivity index (χ0v) is 16.9. The lowest BCUT2D eigenvalue weighted by Crippen LogP contribution is -2.45. The van der Waals surface area contributed by atoms with Crippen LogP contribution in [0.4, 0.5) is 5.69 Å². The van der Waals surface area contributed by atoms with Gasteiger partial charge in [-0.25, -0.2) is 0 Å². The van der Waals surface area contributed by atoms with E-state index in [1.54, 1.807) is 30.3 Å². The Morgan fingerprint density at radius 1 is 1.14 bits per heavy atom. The topological polar surface area (TPSA) is 86.3 Å². The highest BCUT2D eigenvalue weighted by Gasteiger charge is 2.27. The molecular weight excluding hydrogens is 376 g/mol. The van der Waals surface area contributed by atoms with Gasteiger partial charge in [0.05, 0.1) is 33.1 Å². The molecule has 3 rings (SSSR count). The van der Waals surface area contributed by atoms with Crippen molar-refractivity contribution in [2.75, 3.05) is 39.4 Å². The van der Waals surface area contributed by atoms with Crippen LogP contribution in [0.5, 0.6) is 23.0 Å². The number of nitrogens with zero attached hydrogens (tertiary/aromatic N) is 1. The zero-order chi connectivity index (χ0) is 21.0. The summed E-state index contributed by atoms with van der Waals surface area (Å²) in [6.07, 6.45) is 0. The molecule has 0 aliphatic carbocycles. The predicted octanol–water partition coefficient (Wildman–Crippen LogP) is 2.32. The lowest BCUT2D eigenvalue weighted by molar-refractivity contribution is -0.125. The van der Waals surface area contributed by atoms with E-state index in [-0.39, 0.29) is 31.0 Å². The number of carbonyl (C=O) groups is 2. The van der Waals surface area contributed by atoms with E-state index in [0.29, 0.717) is 28.7 Å². The maximum atomic E-state index is 12.6. The number of fused-ring (bicyclic) bond motifs is 1. The standard InChI is InChI=1S/C21H24N2O6/c1-13(14-9-17(26-2)21(28-4)18(10-14)27-3)22-19(24)11-23-15-7-5-6-8-16(15)29-12-20(23)25/h5-10,13H,11-12H2,1-4H3,(H,22,24). The SMILES string of the molecule is COc1cc(C(C)NC(=O)CN2C(=O)COc3ccccc32)cc(OC)c1OC. The summed E-state index contributed by atoms with van der Waals surface area (Å²) in [4.78, 5) is 26.3. The minimum Gasteiger partial charge on any atom is -0.493 e. The van der Waals surface area contributed by atoms with Gasteiger partial charge < -0.3 is 24.3 Å². The van der Waals surface area contributed by atoms with Gasteiger partial charge in [-0.1, -0.05) is 12.1 Å². The highest BCUT2D eigenvalue weighted by atomic mass is 16.5. The Morgan fingerprint density at radius 3 is 2.41 bits per heavy atom. The number of nitrogens with one attached hydrogen (secondary N) is 1. The van der Waals surface area contributed by atoms with Crippen LogP contribution in [-0.2, 0) is 9.59 Å². The van der Waals surface area contributed by atoms with E-state index in [2.05, 4.69) is 5.32 Å². The number of hydrogen-bond acceptors (Lipinski definition) is 6. The molecular formula is C21H24N2O6. The summed E-state index contributed by atoms with van der Waals surface area (Å²) in [6, 6.07) is 10.3. The Bertz CT molecular complexity index is 889. The van der Waals surface area contributed by atoms with Crippen LogP contribution in [0.25, 0.3) is 0 Å². The van der Waals surface area contributed by atoms with Crippen molar-refractivity contribution in [2.45, 2.75) is 13.0 Å². The molecule has 0 radical (unpaired) electrons. The van der Waals surface area contributed by atoms with Gasteiger partial charge >= 0.3 is 0 Å². The molecule has 1 aliphatic heterocycles. The van der Waals surface area contributed by atoms with Crippen molar-refractivity contribution >= 4 is 17.5 Å². The molecule has 29 heavy (non-hydrogen) atoms. The van der Waals surface area contributed by atoms with Crippen molar-refractivity contribution in [2.24, 2.45) is 0 Å². The number of hydrogen-bond donors (Lipinski definition) is 1. The molecule has 1 N–H and O–H groups in total. The number of ether oxygens (including phenoxy) is 4. The van der Waals surface area contributed by atoms with Crippen molar-refractivity contribution in [3.63, 3.8) is 0 Å². The smallest absolute Gasteiger partial charge is 0.265 e. The summed E-state index contributed by atoms with van der Waals surface area (Å²) in [7, 11) is 4.60. The first kappa shape index (κ1) is 20.3. The minimum atomic E-state index is -0.345. The highest BCUT2D eigenvalue weighted by molar-refractivity contribution is 6.02. The summed E-state index contributed by atoms with van der Waals surface area (Å²) in [6.45, 7) is 1.65. The average molecular weight is 400 g/mol. The van der Waals surface area contributed by atoms with Crippen LogP contribution in [0.2, 0.25) is 0 Å². The fourth-order valence-corrected chi connectivity index (χ4v) is 3.19. The van der Waals surface area contributed by atoms with Crippen molar-refractivity contribution in [1.29, 1.82) is 0 Å². The second-order valence-electron chi connectivity index (χ2n) is 6.48. The summed E-state index contributed by atoms with van der Waals surface area (Å²) >= 11 is 0. The molecule has 0 bridgehead atoms. The molecule has 154 valence electrons. The van der Waals surface area contributed by atoms with Crippen LogP contribution in [0.15, 0.2) is 36.4 Å². The molecule has 1 atom stereocenters. The summed E-state index contributed by atoms with van der Waals surface area (Å²) in [5.41, 5.74) is 1.36. The molecule has 2 aromatic rings. The molecule has 0 saturated carbocycles. The number of para-hydroxylation sites is 2. The molecule has 8 nitrogen and oxygen atoms in total. The lowest BCUT2D eigenvalue weighted by Gasteiger charge is -2.29. The summed E-state index contributed by atoms with van der Waals surface area (Å²) in [5.74, 6) is 1.50. The van der Waals surface area contributed by atoms with Gasteiger partial charge in [0.1, 0.15) is 12.3 Å². The molecule has 1 aliphatic rings. The van der Waals surface area contributed by atoms with Crippen LogP contribution in [-0.4, -0.2) is 46.3 Å². The number of benzene rings is 2. The molecule has 0 saturated heterocycles. The first-order chi connectivity index (χ1) is 14.0. The van der Waals surface area contributed by atoms with E-state index in [1.807, 2.05) is 13.0 Å². The van der Waals surface area contributed by atoms with Crippen molar-refractivity contribution in [3.8, 4) is 23.0 Å². The highest BCUT2D eigenvalue weighted by Crippen LogP contribution is 2.39. The Labute approximate surface area is 169 Å². The number of anilines is 1. The second kappa shape index (κ2) is 8.72. The van der Waals surface area contributed by atoms with E-state index in [4.69, 9.17) is 18.9 Å². The van der Waals surface area contributed by atoms with Gasteiger partial charge in [-0.05, 0) is 36.8 Å². The molecule has 0 spiro atoms. The van der Waals surface area contributed by atoms with Gasteiger partial charge in [0.15, 0.2) is 18.1 Å². The van der Waals surface area contributed by atoms with E-state index < -0.39 is 0 Å². The first-order valence-corrected chi connectivity index (χ1v) is 9.10. The van der Waals surface area contributed by atoms with Crippen molar-refractivity contribution in [1.82, 2.24) is 5.32 Å². The molecule has 8 heteroatoms. The number of rotatable bonds is 7. The molecule has 2 aromatic carbocycles.